The molecule has 0 unspecified atom stereocenters. The Morgan fingerprint density at radius 3 is 2.33 bits per heavy atom. The number of methoxy groups -OCH3 is 2. The number of unbranched alkanes of at least 4 members (excludes halogenated alkanes) is 1. The summed E-state index contributed by atoms with van der Waals surface area (Å²) < 4.78 is 10.6. The van der Waals surface area contributed by atoms with Gasteiger partial charge in [-0.25, -0.2) is 0 Å². The second kappa shape index (κ2) is 11.8. The van der Waals surface area contributed by atoms with Gasteiger partial charge in [-0.1, -0.05) is 43.2 Å². The van der Waals surface area contributed by atoms with Crippen LogP contribution in [0.15, 0.2) is 48.2 Å². The Balaban J connectivity index is 2.12. The van der Waals surface area contributed by atoms with Gasteiger partial charge >= 0.3 is 0 Å². The number of carbonyl (C=O) groups excluding carboxylic acids is 2. The van der Waals surface area contributed by atoms with E-state index in [1.165, 1.54) is 0 Å². The van der Waals surface area contributed by atoms with E-state index in [2.05, 4.69) is 12.2 Å². The van der Waals surface area contributed by atoms with Crippen molar-refractivity contribution in [3.05, 3.63) is 70.4 Å². The molecule has 0 atom stereocenters. The molecule has 0 saturated carbocycles. The van der Waals surface area contributed by atoms with Crippen LogP contribution >= 0.6 is 0 Å². The van der Waals surface area contributed by atoms with E-state index < -0.39 is 0 Å². The third kappa shape index (κ3) is 6.48. The number of carbonyl (C=O) groups is 2. The van der Waals surface area contributed by atoms with E-state index in [-0.39, 0.29) is 5.78 Å². The Labute approximate surface area is 179 Å². The highest BCUT2D eigenvalue weighted by atomic mass is 16.5. The molecule has 1 N–H and O–H groups in total. The van der Waals surface area contributed by atoms with Crippen molar-refractivity contribution in [3.8, 4) is 11.5 Å². The van der Waals surface area contributed by atoms with Crippen LogP contribution < -0.4 is 14.8 Å². The first kappa shape index (κ1) is 23.2. The maximum atomic E-state index is 12.6. The summed E-state index contributed by atoms with van der Waals surface area (Å²) in [7, 11) is 3.12. The van der Waals surface area contributed by atoms with Crippen LogP contribution in [-0.2, 0) is 6.42 Å². The standard InChI is InChI=1S/C25H31NO4/c1-5-6-7-22(16-23(28)19-10-8-18(2)9-11-19)26-13-12-20-14-24(29-3)25(30-4)15-21(20)17-27/h8-11,14-17,26H,5-7,12-13H2,1-4H3/b22-16-. The van der Waals surface area contributed by atoms with Gasteiger partial charge < -0.3 is 14.8 Å². The monoisotopic (exact) mass is 409 g/mol. The number of hydrogen-bond donors (Lipinski definition) is 1. The van der Waals surface area contributed by atoms with Crippen LogP contribution in [0.5, 0.6) is 11.5 Å². The highest BCUT2D eigenvalue weighted by Crippen LogP contribution is 2.30. The largest absolute Gasteiger partial charge is 0.493 e. The van der Waals surface area contributed by atoms with Crippen LogP contribution in [0.25, 0.3) is 0 Å². The Bertz CT molecular complexity index is 885. The van der Waals surface area contributed by atoms with Crippen LogP contribution in [0.2, 0.25) is 0 Å². The Hall–Kier alpha value is -3.08. The number of rotatable bonds is 12. The molecule has 0 fully saturated rings. The summed E-state index contributed by atoms with van der Waals surface area (Å²) in [4.78, 5) is 24.1. The third-order valence-corrected chi connectivity index (χ3v) is 4.96. The molecule has 0 spiro atoms. The second-order valence-electron chi connectivity index (χ2n) is 7.20. The van der Waals surface area contributed by atoms with Crippen LogP contribution in [0.4, 0.5) is 0 Å². The predicted molar refractivity (Wildman–Crippen MR) is 120 cm³/mol. The molecular weight excluding hydrogens is 378 g/mol. The van der Waals surface area contributed by atoms with Crippen molar-refractivity contribution in [1.29, 1.82) is 0 Å². The van der Waals surface area contributed by atoms with Crippen LogP contribution in [0, 0.1) is 6.92 Å². The zero-order valence-electron chi connectivity index (χ0n) is 18.3. The van der Waals surface area contributed by atoms with Crippen molar-refractivity contribution < 1.29 is 19.1 Å². The number of ketones is 1. The Morgan fingerprint density at radius 2 is 1.73 bits per heavy atom. The number of aryl methyl sites for hydroxylation is 1. The third-order valence-electron chi connectivity index (χ3n) is 4.96. The lowest BCUT2D eigenvalue weighted by molar-refractivity contribution is 0.104. The fourth-order valence-corrected chi connectivity index (χ4v) is 3.16. The smallest absolute Gasteiger partial charge is 0.187 e. The van der Waals surface area contributed by atoms with Crippen molar-refractivity contribution in [2.45, 2.75) is 39.5 Å². The highest BCUT2D eigenvalue weighted by Gasteiger charge is 2.11. The number of hydrogen-bond acceptors (Lipinski definition) is 5. The highest BCUT2D eigenvalue weighted by molar-refractivity contribution is 6.04. The summed E-state index contributed by atoms with van der Waals surface area (Å²) in [5.41, 5.74) is 4.16. The molecule has 0 aliphatic rings. The Kier molecular flexibility index (Phi) is 9.13. The summed E-state index contributed by atoms with van der Waals surface area (Å²) in [6.45, 7) is 4.73. The molecule has 0 radical (unpaired) electrons. The normalized spacial score (nSPS) is 11.1. The zero-order valence-corrected chi connectivity index (χ0v) is 18.3. The van der Waals surface area contributed by atoms with E-state index in [1.807, 2.05) is 37.3 Å². The second-order valence-corrected chi connectivity index (χ2v) is 7.20. The van der Waals surface area contributed by atoms with E-state index in [1.54, 1.807) is 26.4 Å². The van der Waals surface area contributed by atoms with E-state index >= 15 is 0 Å². The lowest BCUT2D eigenvalue weighted by Gasteiger charge is -2.14. The van der Waals surface area contributed by atoms with Gasteiger partial charge in [0.05, 0.1) is 14.2 Å². The molecule has 0 saturated heterocycles. The fourth-order valence-electron chi connectivity index (χ4n) is 3.16. The number of aldehydes is 1. The maximum Gasteiger partial charge on any atom is 0.187 e. The lowest BCUT2D eigenvalue weighted by Crippen LogP contribution is -2.19. The fraction of sp³-hybridized carbons (Fsp3) is 0.360. The van der Waals surface area contributed by atoms with Gasteiger partial charge in [0, 0.05) is 29.4 Å². The molecule has 5 nitrogen and oxygen atoms in total. The number of allylic oxidation sites excluding steroid dienone is 2. The molecular formula is C25H31NO4. The minimum Gasteiger partial charge on any atom is -0.493 e. The van der Waals surface area contributed by atoms with Gasteiger partial charge in [-0.15, -0.1) is 0 Å². The maximum absolute atomic E-state index is 12.6. The first-order chi connectivity index (χ1) is 14.5. The van der Waals surface area contributed by atoms with Crippen LogP contribution in [0.3, 0.4) is 0 Å². The SMILES string of the molecule is CCCC/C(=C/C(=O)c1ccc(C)cc1)NCCc1cc(OC)c(OC)cc1C=O. The van der Waals surface area contributed by atoms with Crippen molar-refractivity contribution in [1.82, 2.24) is 5.32 Å². The van der Waals surface area contributed by atoms with E-state index in [4.69, 9.17) is 9.47 Å². The van der Waals surface area contributed by atoms with E-state index in [0.29, 0.717) is 35.6 Å². The van der Waals surface area contributed by atoms with Gasteiger partial charge in [0.1, 0.15) is 6.29 Å². The minimum atomic E-state index is -0.00620. The number of nitrogens with one attached hydrogen (secondary N) is 1. The first-order valence-corrected chi connectivity index (χ1v) is 10.3. The molecule has 2 aromatic carbocycles. The van der Waals surface area contributed by atoms with Crippen molar-refractivity contribution in [3.63, 3.8) is 0 Å². The van der Waals surface area contributed by atoms with E-state index in [0.717, 1.165) is 42.4 Å². The molecule has 160 valence electrons. The predicted octanol–water partition coefficient (Wildman–Crippen LogP) is 4.91. The summed E-state index contributed by atoms with van der Waals surface area (Å²) in [5.74, 6) is 1.12. The Morgan fingerprint density at radius 1 is 1.07 bits per heavy atom. The molecule has 0 amide bonds. The summed E-state index contributed by atoms with van der Waals surface area (Å²) in [6, 6.07) is 11.1. The molecule has 0 bridgehead atoms. The molecule has 2 aromatic rings. The van der Waals surface area contributed by atoms with Gasteiger partial charge in [-0.3, -0.25) is 9.59 Å². The van der Waals surface area contributed by atoms with Crippen LogP contribution in [0.1, 0.15) is 58.0 Å². The van der Waals surface area contributed by atoms with Gasteiger partial charge in [0.2, 0.25) is 0 Å². The van der Waals surface area contributed by atoms with Gasteiger partial charge in [-0.2, -0.15) is 0 Å². The van der Waals surface area contributed by atoms with Crippen molar-refractivity contribution in [2.24, 2.45) is 0 Å². The quantitative estimate of drug-likeness (QED) is 0.306. The molecule has 2 rings (SSSR count). The average Bonchev–Trinajstić information content (AvgIpc) is 2.77. The molecule has 0 aromatic heterocycles. The molecule has 30 heavy (non-hydrogen) atoms. The van der Waals surface area contributed by atoms with Crippen molar-refractivity contribution in [2.75, 3.05) is 20.8 Å². The topological polar surface area (TPSA) is 64.6 Å². The summed E-state index contributed by atoms with van der Waals surface area (Å²) in [6.07, 6.45) is 5.98. The summed E-state index contributed by atoms with van der Waals surface area (Å²) >= 11 is 0. The lowest BCUT2D eigenvalue weighted by atomic mass is 10.0. The molecule has 0 heterocycles. The molecule has 0 aliphatic heterocycles. The zero-order chi connectivity index (χ0) is 21.9. The summed E-state index contributed by atoms with van der Waals surface area (Å²) in [5, 5.41) is 3.38. The first-order valence-electron chi connectivity index (χ1n) is 10.3. The average molecular weight is 410 g/mol. The number of benzene rings is 2. The van der Waals surface area contributed by atoms with E-state index in [9.17, 15) is 9.59 Å². The van der Waals surface area contributed by atoms with Crippen molar-refractivity contribution >= 4 is 12.1 Å². The molecule has 0 aliphatic carbocycles. The minimum absolute atomic E-state index is 0.00620. The number of ether oxygens (including phenoxy) is 2. The van der Waals surface area contributed by atoms with Crippen LogP contribution in [-0.4, -0.2) is 32.8 Å². The van der Waals surface area contributed by atoms with Gasteiger partial charge in [-0.05, 0) is 43.9 Å². The van der Waals surface area contributed by atoms with Gasteiger partial charge in [0.25, 0.3) is 0 Å². The van der Waals surface area contributed by atoms with Gasteiger partial charge in [0.15, 0.2) is 17.3 Å². The molecule has 5 heteroatoms.